The maximum atomic E-state index is 13.3. The molecule has 0 aromatic heterocycles. The van der Waals surface area contributed by atoms with E-state index in [1.54, 1.807) is 23.1 Å². The minimum Gasteiger partial charge on any atom is -0.508 e. The van der Waals surface area contributed by atoms with Crippen LogP contribution in [0.4, 0.5) is 10.1 Å². The van der Waals surface area contributed by atoms with Crippen LogP contribution in [-0.2, 0) is 4.79 Å². The van der Waals surface area contributed by atoms with Crippen molar-refractivity contribution in [3.05, 3.63) is 114 Å². The lowest BCUT2D eigenvalue weighted by Crippen LogP contribution is -2.29. The van der Waals surface area contributed by atoms with E-state index in [4.69, 9.17) is 0 Å². The molecule has 6 heteroatoms. The minimum atomic E-state index is -0.802. The maximum absolute atomic E-state index is 13.3. The van der Waals surface area contributed by atoms with Crippen molar-refractivity contribution in [1.29, 1.82) is 0 Å². The topological polar surface area (TPSA) is 81.0 Å². The van der Waals surface area contributed by atoms with Gasteiger partial charge in [0.15, 0.2) is 0 Å². The van der Waals surface area contributed by atoms with Crippen LogP contribution in [0.3, 0.4) is 0 Å². The summed E-state index contributed by atoms with van der Waals surface area (Å²) in [6.45, 7) is 0. The maximum Gasteiger partial charge on any atom is 0.227 e. The summed E-state index contributed by atoms with van der Waals surface area (Å²) in [6.07, 6.45) is 0.332. The quantitative estimate of drug-likeness (QED) is 0.272. The zero-order valence-corrected chi connectivity index (χ0v) is 20.2. The number of nitrogens with zero attached hydrogens (tertiary/aromatic N) is 1. The number of carbonyl (C=O) groups is 1. The lowest BCUT2D eigenvalue weighted by Gasteiger charge is -2.30. The van der Waals surface area contributed by atoms with E-state index in [1.165, 1.54) is 24.3 Å². The number of hydrogen-bond acceptors (Lipinski definition) is 4. The fourth-order valence-electron chi connectivity index (χ4n) is 5.21. The first-order chi connectivity index (χ1) is 17.9. The summed E-state index contributed by atoms with van der Waals surface area (Å²) in [7, 11) is 0. The fourth-order valence-corrected chi connectivity index (χ4v) is 5.21. The number of hydrogen-bond donors (Lipinski definition) is 3. The second-order valence-corrected chi connectivity index (χ2v) is 9.47. The Morgan fingerprint density at radius 2 is 1.54 bits per heavy atom. The van der Waals surface area contributed by atoms with Crippen molar-refractivity contribution < 1.29 is 24.5 Å². The second-order valence-electron chi connectivity index (χ2n) is 9.47. The van der Waals surface area contributed by atoms with E-state index >= 15 is 0 Å². The number of phenols is 2. The Bertz CT molecular complexity index is 1370. The Morgan fingerprint density at radius 1 is 0.865 bits per heavy atom. The van der Waals surface area contributed by atoms with E-state index in [-0.39, 0.29) is 35.6 Å². The van der Waals surface area contributed by atoms with Crippen molar-refractivity contribution in [2.24, 2.45) is 5.92 Å². The number of benzene rings is 4. The van der Waals surface area contributed by atoms with Gasteiger partial charge >= 0.3 is 0 Å². The molecule has 1 saturated heterocycles. The van der Waals surface area contributed by atoms with Gasteiger partial charge in [0.25, 0.3) is 0 Å². The molecule has 1 fully saturated rings. The Morgan fingerprint density at radius 3 is 2.22 bits per heavy atom. The summed E-state index contributed by atoms with van der Waals surface area (Å²) in [5.74, 6) is -0.783. The first-order valence-electron chi connectivity index (χ1n) is 12.3. The highest BCUT2D eigenvalue weighted by molar-refractivity contribution is 5.97. The van der Waals surface area contributed by atoms with Gasteiger partial charge in [0.05, 0.1) is 12.1 Å². The summed E-state index contributed by atoms with van der Waals surface area (Å²) < 4.78 is 13.3. The van der Waals surface area contributed by atoms with Gasteiger partial charge in [-0.2, -0.15) is 0 Å². The summed E-state index contributed by atoms with van der Waals surface area (Å²) >= 11 is 0. The number of rotatable bonds is 7. The predicted molar refractivity (Wildman–Crippen MR) is 141 cm³/mol. The average Bonchev–Trinajstić information content (AvgIpc) is 3.23. The third-order valence-corrected chi connectivity index (χ3v) is 7.08. The molecule has 4 aromatic carbocycles. The van der Waals surface area contributed by atoms with Crippen molar-refractivity contribution in [2.75, 3.05) is 4.90 Å². The van der Waals surface area contributed by atoms with Crippen LogP contribution in [-0.4, -0.2) is 21.2 Å². The van der Waals surface area contributed by atoms with Gasteiger partial charge in [0, 0.05) is 23.7 Å². The normalized spacial score (nSPS) is 18.2. The van der Waals surface area contributed by atoms with Crippen molar-refractivity contribution in [3.63, 3.8) is 0 Å². The van der Waals surface area contributed by atoms with Crippen molar-refractivity contribution in [3.8, 4) is 22.6 Å². The molecule has 0 aliphatic carbocycles. The zero-order chi connectivity index (χ0) is 25.9. The Hall–Kier alpha value is -4.16. The first kappa shape index (κ1) is 24.5. The van der Waals surface area contributed by atoms with Gasteiger partial charge in [-0.3, -0.25) is 4.79 Å². The molecule has 0 spiro atoms. The zero-order valence-electron chi connectivity index (χ0n) is 20.2. The van der Waals surface area contributed by atoms with Gasteiger partial charge in [-0.05, 0) is 71.8 Å². The third-order valence-electron chi connectivity index (χ3n) is 7.08. The van der Waals surface area contributed by atoms with Crippen molar-refractivity contribution in [1.82, 2.24) is 0 Å². The molecule has 5 nitrogen and oxygen atoms in total. The van der Waals surface area contributed by atoms with Crippen molar-refractivity contribution in [2.45, 2.75) is 31.4 Å². The molecule has 37 heavy (non-hydrogen) atoms. The summed E-state index contributed by atoms with van der Waals surface area (Å²) in [6, 6.07) is 27.4. The van der Waals surface area contributed by atoms with E-state index < -0.39 is 12.1 Å². The summed E-state index contributed by atoms with van der Waals surface area (Å²) in [4.78, 5) is 15.0. The van der Waals surface area contributed by atoms with E-state index in [1.807, 2.05) is 54.6 Å². The second kappa shape index (κ2) is 10.4. The van der Waals surface area contributed by atoms with E-state index in [0.29, 0.717) is 29.7 Å². The van der Waals surface area contributed by atoms with E-state index in [9.17, 15) is 24.5 Å². The number of halogens is 1. The number of aromatic hydroxyl groups is 2. The fraction of sp³-hybridized carbons (Fsp3) is 0.194. The lowest BCUT2D eigenvalue weighted by atomic mass is 9.87. The van der Waals surface area contributed by atoms with Crippen LogP contribution >= 0.6 is 0 Å². The molecule has 4 aromatic rings. The molecule has 0 saturated carbocycles. The highest BCUT2D eigenvalue weighted by Crippen LogP contribution is 2.47. The molecule has 1 amide bonds. The van der Waals surface area contributed by atoms with Crippen LogP contribution in [0.25, 0.3) is 11.1 Å². The van der Waals surface area contributed by atoms with Gasteiger partial charge in [-0.1, -0.05) is 54.6 Å². The number of carbonyl (C=O) groups excluding carboxylic acids is 1. The van der Waals surface area contributed by atoms with Crippen molar-refractivity contribution >= 4 is 11.6 Å². The number of amides is 1. The molecular formula is C31H28FNO4. The van der Waals surface area contributed by atoms with Crippen LogP contribution in [0.15, 0.2) is 97.1 Å². The molecule has 0 unspecified atom stereocenters. The largest absolute Gasteiger partial charge is 0.508 e. The van der Waals surface area contributed by atoms with Gasteiger partial charge in [-0.25, -0.2) is 4.39 Å². The SMILES string of the molecule is O=C1C[C@H](CC[C@H](O)c2ccc(F)cc2)[C@@H](c2ccc(O)cc2O)N1c1ccc(-c2ccccc2)cc1. The van der Waals surface area contributed by atoms with Gasteiger partial charge in [0.1, 0.15) is 17.3 Å². The minimum absolute atomic E-state index is 0.0624. The molecule has 1 aliphatic rings. The highest BCUT2D eigenvalue weighted by atomic mass is 19.1. The molecule has 3 N–H and O–H groups in total. The number of anilines is 1. The molecule has 0 radical (unpaired) electrons. The standard InChI is InChI=1S/C31H28FNO4/c32-24-11-6-22(7-12-24)28(35)17-10-23-18-30(37)33(31(23)27-16-15-26(34)19-29(27)36)25-13-8-21(9-14-25)20-4-2-1-3-5-20/h1-9,11-16,19,23,28,31,34-36H,10,17-18H2/t23-,28-,31-/m0/s1. The molecule has 1 aliphatic heterocycles. The van der Waals surface area contributed by atoms with Gasteiger partial charge in [0.2, 0.25) is 5.91 Å². The van der Waals surface area contributed by atoms with Crippen LogP contribution < -0.4 is 4.90 Å². The monoisotopic (exact) mass is 497 g/mol. The van der Waals surface area contributed by atoms with E-state index in [2.05, 4.69) is 0 Å². The van der Waals surface area contributed by atoms with E-state index in [0.717, 1.165) is 11.1 Å². The molecule has 188 valence electrons. The predicted octanol–water partition coefficient (Wildman–Crippen LogP) is 6.51. The average molecular weight is 498 g/mol. The highest BCUT2D eigenvalue weighted by Gasteiger charge is 2.42. The Kier molecular flexibility index (Phi) is 6.93. The lowest BCUT2D eigenvalue weighted by molar-refractivity contribution is -0.117. The molecule has 1 heterocycles. The Balaban J connectivity index is 1.44. The summed E-state index contributed by atoms with van der Waals surface area (Å²) in [5.41, 5.74) is 3.96. The molecule has 5 rings (SSSR count). The molecule has 0 bridgehead atoms. The van der Waals surface area contributed by atoms with Crippen LogP contribution in [0.1, 0.15) is 42.5 Å². The Labute approximate surface area is 215 Å². The van der Waals surface area contributed by atoms with Gasteiger partial charge in [-0.15, -0.1) is 0 Å². The molecular weight excluding hydrogens is 469 g/mol. The van der Waals surface area contributed by atoms with Crippen LogP contribution in [0.5, 0.6) is 11.5 Å². The van der Waals surface area contributed by atoms with Crippen LogP contribution in [0, 0.1) is 11.7 Å². The van der Waals surface area contributed by atoms with Crippen LogP contribution in [0.2, 0.25) is 0 Å². The third kappa shape index (κ3) is 5.20. The molecule has 3 atom stereocenters. The smallest absolute Gasteiger partial charge is 0.227 e. The number of aliphatic hydroxyl groups excluding tert-OH is 1. The number of aliphatic hydroxyl groups is 1. The van der Waals surface area contributed by atoms with Gasteiger partial charge < -0.3 is 20.2 Å². The summed E-state index contributed by atoms with van der Waals surface area (Å²) in [5, 5.41) is 31.3. The first-order valence-corrected chi connectivity index (χ1v) is 12.3. The number of phenolic OH excluding ortho intramolecular Hbond substituents is 2.